The highest BCUT2D eigenvalue weighted by Crippen LogP contribution is 2.61. The number of carboxylic acids is 1. The topological polar surface area (TPSA) is 79.7 Å². The summed E-state index contributed by atoms with van der Waals surface area (Å²) in [5.41, 5.74) is 7.44. The van der Waals surface area contributed by atoms with Crippen molar-refractivity contribution in [1.29, 1.82) is 0 Å². The lowest BCUT2D eigenvalue weighted by Crippen LogP contribution is -2.18. The molecule has 2 aliphatic rings. The van der Waals surface area contributed by atoms with Crippen molar-refractivity contribution < 1.29 is 24.1 Å². The number of pyridine rings is 1. The minimum Gasteiger partial charge on any atom is -0.481 e. The van der Waals surface area contributed by atoms with Crippen LogP contribution in [0, 0.1) is 31.5 Å². The maximum Gasteiger partial charge on any atom is 0.307 e. The van der Waals surface area contributed by atoms with Crippen LogP contribution < -0.4 is 4.74 Å². The van der Waals surface area contributed by atoms with Crippen LogP contribution in [0.4, 0.5) is 4.39 Å². The molecule has 0 unspecified atom stereocenters. The number of aliphatic hydroxyl groups is 1. The largest absolute Gasteiger partial charge is 0.481 e. The molecule has 1 saturated carbocycles. The minimum absolute atomic E-state index is 0.0587. The number of carbonyl (C=O) groups is 1. The van der Waals surface area contributed by atoms with E-state index >= 15 is 0 Å². The summed E-state index contributed by atoms with van der Waals surface area (Å²) >= 11 is 0. The molecule has 0 bridgehead atoms. The number of carboxylic acid groups (broad SMARTS) is 1. The normalized spacial score (nSPS) is 19.9. The molecule has 0 radical (unpaired) electrons. The Morgan fingerprint density at radius 2 is 1.89 bits per heavy atom. The van der Waals surface area contributed by atoms with Crippen molar-refractivity contribution >= 4 is 5.97 Å². The van der Waals surface area contributed by atoms with Gasteiger partial charge in [-0.25, -0.2) is 9.37 Å². The second-order valence-electron chi connectivity index (χ2n) is 11.3. The van der Waals surface area contributed by atoms with Gasteiger partial charge in [0.25, 0.3) is 0 Å². The van der Waals surface area contributed by atoms with Crippen LogP contribution in [0.2, 0.25) is 0 Å². The third kappa shape index (κ3) is 5.26. The van der Waals surface area contributed by atoms with E-state index in [2.05, 4.69) is 31.0 Å². The van der Waals surface area contributed by atoms with Crippen LogP contribution in [-0.2, 0) is 24.2 Å². The molecular formula is C31H34FNO4. The third-order valence-electron chi connectivity index (χ3n) is 7.82. The molecule has 2 aromatic carbocycles. The standard InChI is InChI=1S/C31H34FNO4/c1-17-10-19(6-5-9-31(3,4)36)11-18(2)27(17)20-7-8-25(32)22(12-20)16-37-26-14-21-13-23-28(24(21)15-33-26)29(23)30(34)35/h7-8,10-12,14-15,23,28-29,36H,5-6,9,13,16H2,1-4H3,(H,34,35)/t23-,28-,29+/m1/s1. The Balaban J connectivity index is 1.29. The average molecular weight is 504 g/mol. The highest BCUT2D eigenvalue weighted by molar-refractivity contribution is 5.77. The molecular weight excluding hydrogens is 469 g/mol. The molecule has 194 valence electrons. The zero-order valence-electron chi connectivity index (χ0n) is 21.8. The molecule has 2 N–H and O–H groups in total. The Hall–Kier alpha value is -3.25. The van der Waals surface area contributed by atoms with Gasteiger partial charge in [0.1, 0.15) is 12.4 Å². The molecule has 1 fully saturated rings. The van der Waals surface area contributed by atoms with E-state index < -0.39 is 11.6 Å². The van der Waals surface area contributed by atoms with Crippen molar-refractivity contribution in [2.75, 3.05) is 0 Å². The fraction of sp³-hybridized carbons (Fsp3) is 0.419. The van der Waals surface area contributed by atoms with E-state index in [-0.39, 0.29) is 30.2 Å². The van der Waals surface area contributed by atoms with E-state index in [1.54, 1.807) is 12.3 Å². The van der Waals surface area contributed by atoms with Gasteiger partial charge >= 0.3 is 5.97 Å². The fourth-order valence-corrected chi connectivity index (χ4v) is 6.05. The van der Waals surface area contributed by atoms with Crippen LogP contribution in [0.3, 0.4) is 0 Å². The Labute approximate surface area is 217 Å². The number of benzene rings is 2. The summed E-state index contributed by atoms with van der Waals surface area (Å²) < 4.78 is 20.6. The van der Waals surface area contributed by atoms with Crippen molar-refractivity contribution in [3.8, 4) is 17.0 Å². The van der Waals surface area contributed by atoms with E-state index in [1.165, 1.54) is 11.6 Å². The third-order valence-corrected chi connectivity index (χ3v) is 7.82. The minimum atomic E-state index is -0.734. The van der Waals surface area contributed by atoms with E-state index in [0.29, 0.717) is 11.4 Å². The van der Waals surface area contributed by atoms with Gasteiger partial charge in [0.05, 0.1) is 11.5 Å². The van der Waals surface area contributed by atoms with E-state index in [0.717, 1.165) is 59.1 Å². The summed E-state index contributed by atoms with van der Waals surface area (Å²) in [6.45, 7) is 7.89. The lowest BCUT2D eigenvalue weighted by molar-refractivity contribution is -0.139. The van der Waals surface area contributed by atoms with Gasteiger partial charge in [0, 0.05) is 23.7 Å². The number of aromatic nitrogens is 1. The number of halogens is 1. The average Bonchev–Trinajstić information content (AvgIpc) is 3.40. The Morgan fingerprint density at radius 1 is 1.16 bits per heavy atom. The molecule has 6 heteroatoms. The van der Waals surface area contributed by atoms with Crippen molar-refractivity contribution in [2.24, 2.45) is 11.8 Å². The lowest BCUT2D eigenvalue weighted by atomic mass is 9.90. The van der Waals surface area contributed by atoms with Gasteiger partial charge in [-0.2, -0.15) is 0 Å². The van der Waals surface area contributed by atoms with Crippen LogP contribution in [0.5, 0.6) is 5.88 Å². The van der Waals surface area contributed by atoms with Crippen LogP contribution in [-0.4, -0.2) is 26.8 Å². The molecule has 5 rings (SSSR count). The van der Waals surface area contributed by atoms with Crippen LogP contribution in [0.25, 0.3) is 11.1 Å². The molecule has 0 saturated heterocycles. The number of aryl methyl sites for hydroxylation is 3. The van der Waals surface area contributed by atoms with Gasteiger partial charge in [0.2, 0.25) is 5.88 Å². The van der Waals surface area contributed by atoms with Gasteiger partial charge in [-0.15, -0.1) is 0 Å². The molecule has 0 spiro atoms. The number of nitrogens with zero attached hydrogens (tertiary/aromatic N) is 1. The number of ether oxygens (including phenoxy) is 1. The van der Waals surface area contributed by atoms with Crippen molar-refractivity contribution in [1.82, 2.24) is 4.98 Å². The number of fused-ring (bicyclic) bond motifs is 3. The summed E-state index contributed by atoms with van der Waals surface area (Å²) in [7, 11) is 0. The highest BCUT2D eigenvalue weighted by Gasteiger charge is 2.59. The number of hydrogen-bond acceptors (Lipinski definition) is 4. The lowest BCUT2D eigenvalue weighted by Gasteiger charge is -2.18. The van der Waals surface area contributed by atoms with Gasteiger partial charge in [-0.05, 0) is 110 Å². The van der Waals surface area contributed by atoms with Gasteiger partial charge in [0.15, 0.2) is 0 Å². The Kier molecular flexibility index (Phi) is 6.57. The molecule has 5 nitrogen and oxygen atoms in total. The predicted octanol–water partition coefficient (Wildman–Crippen LogP) is 6.15. The molecule has 0 aliphatic heterocycles. The predicted molar refractivity (Wildman–Crippen MR) is 140 cm³/mol. The van der Waals surface area contributed by atoms with Crippen molar-refractivity contribution in [3.05, 3.63) is 81.8 Å². The maximum atomic E-state index is 14.7. The monoisotopic (exact) mass is 503 g/mol. The zero-order valence-corrected chi connectivity index (χ0v) is 21.8. The summed E-state index contributed by atoms with van der Waals surface area (Å²) in [5, 5.41) is 19.3. The maximum absolute atomic E-state index is 14.7. The number of rotatable bonds is 9. The molecule has 3 atom stereocenters. The van der Waals surface area contributed by atoms with Gasteiger partial charge in [-0.3, -0.25) is 4.79 Å². The second-order valence-corrected chi connectivity index (χ2v) is 11.3. The molecule has 37 heavy (non-hydrogen) atoms. The number of hydrogen-bond donors (Lipinski definition) is 2. The summed E-state index contributed by atoms with van der Waals surface area (Å²) in [4.78, 5) is 15.7. The van der Waals surface area contributed by atoms with Crippen LogP contribution in [0.1, 0.15) is 66.0 Å². The first-order valence-corrected chi connectivity index (χ1v) is 13.0. The molecule has 0 amide bonds. The first kappa shape index (κ1) is 25.4. The van der Waals surface area contributed by atoms with Crippen molar-refractivity contribution in [3.63, 3.8) is 0 Å². The van der Waals surface area contributed by atoms with Crippen LogP contribution >= 0.6 is 0 Å². The zero-order chi connectivity index (χ0) is 26.5. The Bertz CT molecular complexity index is 1340. The first-order chi connectivity index (χ1) is 17.5. The van der Waals surface area contributed by atoms with E-state index in [4.69, 9.17) is 4.74 Å². The van der Waals surface area contributed by atoms with Gasteiger partial charge < -0.3 is 14.9 Å². The van der Waals surface area contributed by atoms with Crippen molar-refractivity contribution in [2.45, 2.75) is 71.5 Å². The molecule has 1 aromatic heterocycles. The molecule has 2 aliphatic carbocycles. The summed E-state index contributed by atoms with van der Waals surface area (Å²) in [6, 6.07) is 11.4. The number of aliphatic carboxylic acids is 1. The second kappa shape index (κ2) is 9.56. The fourth-order valence-electron chi connectivity index (χ4n) is 6.05. The van der Waals surface area contributed by atoms with E-state index in [1.807, 2.05) is 26.0 Å². The smallest absolute Gasteiger partial charge is 0.307 e. The SMILES string of the molecule is Cc1cc(CCCC(C)(C)O)cc(C)c1-c1ccc(F)c(COc2cc3c(cn2)[C@H]2[C@@H](C3)[C@@H]2C(=O)O)c1. The highest BCUT2D eigenvalue weighted by atomic mass is 19.1. The quantitative estimate of drug-likeness (QED) is 0.366. The summed E-state index contributed by atoms with van der Waals surface area (Å²) in [5.74, 6) is -0.678. The van der Waals surface area contributed by atoms with Crippen LogP contribution in [0.15, 0.2) is 42.6 Å². The summed E-state index contributed by atoms with van der Waals surface area (Å²) in [6.07, 6.45) is 5.02. The first-order valence-electron chi connectivity index (χ1n) is 13.0. The van der Waals surface area contributed by atoms with Gasteiger partial charge in [-0.1, -0.05) is 18.2 Å². The molecule has 1 heterocycles. The van der Waals surface area contributed by atoms with E-state index in [9.17, 15) is 19.4 Å². The Morgan fingerprint density at radius 3 is 2.57 bits per heavy atom. The molecule has 3 aromatic rings.